The van der Waals surface area contributed by atoms with Crippen LogP contribution in [0.2, 0.25) is 0 Å². The standard InChI is InChI=1S/C16H27NO6/c1-2-3-4-5-6-7-8-9-10-17(11-14(18)19,12-15(20)21)13-16(22)23/h5-6H,2-4,7-13H2,1H3,(H2-,18,19,20,21,22,23)/p+1/b6-5+. The van der Waals surface area contributed by atoms with Gasteiger partial charge in [0.2, 0.25) is 0 Å². The summed E-state index contributed by atoms with van der Waals surface area (Å²) in [4.78, 5) is 33.0. The van der Waals surface area contributed by atoms with E-state index in [0.29, 0.717) is 6.42 Å². The Hall–Kier alpha value is -1.89. The number of nitrogens with zero attached hydrogens (tertiary/aromatic N) is 1. The third-order valence-electron chi connectivity index (χ3n) is 3.56. The molecule has 0 saturated heterocycles. The third kappa shape index (κ3) is 11.3. The molecule has 0 aliphatic heterocycles. The van der Waals surface area contributed by atoms with E-state index in [2.05, 4.69) is 19.1 Å². The molecule has 7 heteroatoms. The van der Waals surface area contributed by atoms with Crippen LogP contribution in [0, 0.1) is 0 Å². The van der Waals surface area contributed by atoms with Gasteiger partial charge in [0, 0.05) is 0 Å². The minimum Gasteiger partial charge on any atom is -0.477 e. The van der Waals surface area contributed by atoms with Crippen LogP contribution in [0.15, 0.2) is 12.2 Å². The highest BCUT2D eigenvalue weighted by molar-refractivity contribution is 5.73. The minimum atomic E-state index is -1.19. The summed E-state index contributed by atoms with van der Waals surface area (Å²) < 4.78 is -0.459. The maximum Gasteiger partial charge on any atom is 0.359 e. The van der Waals surface area contributed by atoms with Crippen molar-refractivity contribution in [3.05, 3.63) is 12.2 Å². The maximum absolute atomic E-state index is 11.0. The van der Waals surface area contributed by atoms with Gasteiger partial charge in [0.1, 0.15) is 0 Å². The number of carboxylic acids is 3. The van der Waals surface area contributed by atoms with E-state index in [0.717, 1.165) is 32.1 Å². The Bertz CT molecular complexity index is 378. The molecule has 7 nitrogen and oxygen atoms in total. The molecule has 3 N–H and O–H groups in total. The average Bonchev–Trinajstić information content (AvgIpc) is 2.39. The summed E-state index contributed by atoms with van der Waals surface area (Å²) in [6.07, 6.45) is 9.70. The first-order valence-electron chi connectivity index (χ1n) is 7.97. The fourth-order valence-electron chi connectivity index (χ4n) is 2.53. The van der Waals surface area contributed by atoms with Crippen LogP contribution in [-0.4, -0.2) is 63.9 Å². The molecule has 0 rings (SSSR count). The summed E-state index contributed by atoms with van der Waals surface area (Å²) in [5, 5.41) is 27.0. The molecule has 0 heterocycles. The fourth-order valence-corrected chi connectivity index (χ4v) is 2.53. The van der Waals surface area contributed by atoms with Crippen molar-refractivity contribution in [2.45, 2.75) is 45.4 Å². The lowest BCUT2D eigenvalue weighted by molar-refractivity contribution is -0.907. The molecular weight excluding hydrogens is 302 g/mol. The molecule has 0 amide bonds. The van der Waals surface area contributed by atoms with Crippen molar-refractivity contribution < 1.29 is 34.2 Å². The van der Waals surface area contributed by atoms with E-state index in [9.17, 15) is 14.4 Å². The first-order chi connectivity index (χ1) is 10.8. The van der Waals surface area contributed by atoms with E-state index in [4.69, 9.17) is 15.3 Å². The molecule has 0 unspecified atom stereocenters. The Labute approximate surface area is 136 Å². The number of hydrogen-bond acceptors (Lipinski definition) is 3. The van der Waals surface area contributed by atoms with Gasteiger partial charge in [-0.2, -0.15) is 0 Å². The second-order valence-electron chi connectivity index (χ2n) is 5.83. The monoisotopic (exact) mass is 330 g/mol. The molecule has 132 valence electrons. The van der Waals surface area contributed by atoms with Crippen molar-refractivity contribution in [2.24, 2.45) is 0 Å². The highest BCUT2D eigenvalue weighted by atomic mass is 16.4. The van der Waals surface area contributed by atoms with Gasteiger partial charge >= 0.3 is 17.9 Å². The van der Waals surface area contributed by atoms with Crippen molar-refractivity contribution in [3.63, 3.8) is 0 Å². The first-order valence-corrected chi connectivity index (χ1v) is 7.97. The van der Waals surface area contributed by atoms with E-state index >= 15 is 0 Å². The topological polar surface area (TPSA) is 112 Å². The van der Waals surface area contributed by atoms with Crippen LogP contribution in [0.4, 0.5) is 0 Å². The van der Waals surface area contributed by atoms with Crippen LogP contribution in [0.3, 0.4) is 0 Å². The molecule has 0 bridgehead atoms. The van der Waals surface area contributed by atoms with Gasteiger partial charge in [-0.3, -0.25) is 4.48 Å². The predicted molar refractivity (Wildman–Crippen MR) is 85.2 cm³/mol. The molecule has 0 fully saturated rings. The predicted octanol–water partition coefficient (Wildman–Crippen LogP) is 1.97. The van der Waals surface area contributed by atoms with E-state index in [1.165, 1.54) is 0 Å². The number of hydrogen-bond donors (Lipinski definition) is 3. The molecule has 23 heavy (non-hydrogen) atoms. The summed E-state index contributed by atoms with van der Waals surface area (Å²) in [5.74, 6) is -3.56. The van der Waals surface area contributed by atoms with E-state index < -0.39 is 42.0 Å². The molecule has 0 aliphatic rings. The van der Waals surface area contributed by atoms with Gasteiger partial charge in [0.15, 0.2) is 19.6 Å². The largest absolute Gasteiger partial charge is 0.477 e. The number of allylic oxidation sites excluding steroid dienone is 2. The number of carboxylic acid groups (broad SMARTS) is 3. The Morgan fingerprint density at radius 3 is 1.61 bits per heavy atom. The normalized spacial score (nSPS) is 11.7. The van der Waals surface area contributed by atoms with Gasteiger partial charge in [0.25, 0.3) is 0 Å². The molecule has 0 saturated carbocycles. The van der Waals surface area contributed by atoms with E-state index in [1.807, 2.05) is 0 Å². The molecular formula is C16H28NO6+. The van der Waals surface area contributed by atoms with Gasteiger partial charge in [-0.15, -0.1) is 0 Å². The molecule has 0 atom stereocenters. The smallest absolute Gasteiger partial charge is 0.359 e. The molecule has 0 aromatic carbocycles. The van der Waals surface area contributed by atoms with Gasteiger partial charge in [-0.25, -0.2) is 14.4 Å². The lowest BCUT2D eigenvalue weighted by Crippen LogP contribution is -2.57. The number of quaternary nitrogens is 1. The highest BCUT2D eigenvalue weighted by Gasteiger charge is 2.35. The second-order valence-corrected chi connectivity index (χ2v) is 5.83. The molecule has 0 aromatic rings. The third-order valence-corrected chi connectivity index (χ3v) is 3.56. The van der Waals surface area contributed by atoms with Crippen molar-refractivity contribution >= 4 is 17.9 Å². The van der Waals surface area contributed by atoms with E-state index in [-0.39, 0.29) is 6.54 Å². The number of unbranched alkanes of at least 4 members (excludes halogenated alkanes) is 4. The summed E-state index contributed by atoms with van der Waals surface area (Å²) in [6, 6.07) is 0. The zero-order chi connectivity index (χ0) is 17.7. The average molecular weight is 330 g/mol. The first kappa shape index (κ1) is 21.1. The van der Waals surface area contributed by atoms with Crippen molar-refractivity contribution in [3.8, 4) is 0 Å². The molecule has 0 aliphatic carbocycles. The lowest BCUT2D eigenvalue weighted by atomic mass is 10.1. The lowest BCUT2D eigenvalue weighted by Gasteiger charge is -2.34. The fraction of sp³-hybridized carbons (Fsp3) is 0.688. The summed E-state index contributed by atoms with van der Waals surface area (Å²) in [6.45, 7) is 0.868. The van der Waals surface area contributed by atoms with Crippen LogP contribution >= 0.6 is 0 Å². The summed E-state index contributed by atoms with van der Waals surface area (Å²) in [5.41, 5.74) is 0. The zero-order valence-electron chi connectivity index (χ0n) is 13.7. The Balaban J connectivity index is 4.54. The quantitative estimate of drug-likeness (QED) is 0.255. The summed E-state index contributed by atoms with van der Waals surface area (Å²) in [7, 11) is 0. The Kier molecular flexibility index (Phi) is 10.7. The van der Waals surface area contributed by atoms with Crippen LogP contribution in [0.25, 0.3) is 0 Å². The van der Waals surface area contributed by atoms with Crippen molar-refractivity contribution in [1.82, 2.24) is 0 Å². The number of rotatable bonds is 14. The van der Waals surface area contributed by atoms with Gasteiger partial charge in [-0.05, 0) is 25.7 Å². The second kappa shape index (κ2) is 11.6. The van der Waals surface area contributed by atoms with Gasteiger partial charge in [-0.1, -0.05) is 31.9 Å². The van der Waals surface area contributed by atoms with Crippen LogP contribution in [0.1, 0.15) is 45.4 Å². The van der Waals surface area contributed by atoms with Crippen LogP contribution in [0.5, 0.6) is 0 Å². The van der Waals surface area contributed by atoms with Gasteiger partial charge < -0.3 is 15.3 Å². The van der Waals surface area contributed by atoms with Crippen LogP contribution in [-0.2, 0) is 14.4 Å². The van der Waals surface area contributed by atoms with Crippen LogP contribution < -0.4 is 0 Å². The van der Waals surface area contributed by atoms with Crippen molar-refractivity contribution in [1.29, 1.82) is 0 Å². The highest BCUT2D eigenvalue weighted by Crippen LogP contribution is 2.11. The van der Waals surface area contributed by atoms with Crippen molar-refractivity contribution in [2.75, 3.05) is 26.2 Å². The van der Waals surface area contributed by atoms with Gasteiger partial charge in [0.05, 0.1) is 6.54 Å². The number of carbonyl (C=O) groups is 3. The van der Waals surface area contributed by atoms with E-state index in [1.54, 1.807) is 0 Å². The Morgan fingerprint density at radius 2 is 1.22 bits per heavy atom. The Morgan fingerprint density at radius 1 is 0.783 bits per heavy atom. The minimum absolute atomic E-state index is 0.230. The zero-order valence-corrected chi connectivity index (χ0v) is 13.7. The molecule has 0 aromatic heterocycles. The SMILES string of the molecule is CCCC/C=C/CCCC[N+](CC(=O)O)(CC(=O)O)CC(=O)O. The number of aliphatic carboxylic acids is 3. The maximum atomic E-state index is 11.0. The molecule has 0 spiro atoms. The molecule has 0 radical (unpaired) electrons. The summed E-state index contributed by atoms with van der Waals surface area (Å²) >= 11 is 0.